The second-order valence-corrected chi connectivity index (χ2v) is 4.21. The van der Waals surface area contributed by atoms with E-state index in [1.165, 1.54) is 11.8 Å². The first kappa shape index (κ1) is 7.94. The predicted octanol–water partition coefficient (Wildman–Crippen LogP) is 1.81. The Hall–Kier alpha value is -1.42. The van der Waals surface area contributed by atoms with Crippen LogP contribution in [0.5, 0.6) is 0 Å². The number of ether oxygens (including phenoxy) is 1. The van der Waals surface area contributed by atoms with Gasteiger partial charge in [0.2, 0.25) is 0 Å². The number of thioether (sulfide) groups is 1. The summed E-state index contributed by atoms with van der Waals surface area (Å²) in [4.78, 5) is 12.0. The van der Waals surface area contributed by atoms with Crippen molar-refractivity contribution < 1.29 is 14.6 Å². The highest BCUT2D eigenvalue weighted by Crippen LogP contribution is 2.53. The third-order valence-corrected chi connectivity index (χ3v) is 3.44. The maximum absolute atomic E-state index is 11.0. The topological polar surface area (TPSA) is 46.5 Å². The molecule has 0 aromatic carbocycles. The molecule has 3 nitrogen and oxygen atoms in total. The van der Waals surface area contributed by atoms with Crippen LogP contribution < -0.4 is 0 Å². The SMILES string of the molecule is O=C(O)C1=C2C3=CC=CC=C2SC1O3. The zero-order chi connectivity index (χ0) is 9.71. The number of aliphatic carboxylic acids is 1. The Balaban J connectivity index is 2.25. The van der Waals surface area contributed by atoms with E-state index in [0.717, 1.165) is 10.5 Å². The monoisotopic (exact) mass is 206 g/mol. The molecule has 0 aromatic rings. The average Bonchev–Trinajstić information content (AvgIpc) is 2.64. The van der Waals surface area contributed by atoms with Crippen molar-refractivity contribution in [2.45, 2.75) is 5.44 Å². The molecule has 1 atom stereocenters. The van der Waals surface area contributed by atoms with Crippen molar-refractivity contribution in [2.75, 3.05) is 0 Å². The number of hydrogen-bond acceptors (Lipinski definition) is 3. The Bertz CT molecular complexity index is 426. The van der Waals surface area contributed by atoms with Crippen LogP contribution in [0.15, 0.2) is 46.1 Å². The summed E-state index contributed by atoms with van der Waals surface area (Å²) in [7, 11) is 0. The first-order chi connectivity index (χ1) is 6.77. The number of hydrogen-bond donors (Lipinski definition) is 1. The minimum absolute atomic E-state index is 0.347. The van der Waals surface area contributed by atoms with Gasteiger partial charge < -0.3 is 9.84 Å². The van der Waals surface area contributed by atoms with Crippen LogP contribution in [0.2, 0.25) is 0 Å². The first-order valence-corrected chi connectivity index (χ1v) is 5.05. The Kier molecular flexibility index (Phi) is 1.44. The molecule has 0 saturated carbocycles. The van der Waals surface area contributed by atoms with Crippen molar-refractivity contribution in [3.05, 3.63) is 46.1 Å². The number of carboxylic acid groups (broad SMARTS) is 1. The molecule has 2 bridgehead atoms. The summed E-state index contributed by atoms with van der Waals surface area (Å²) in [5.41, 5.74) is 0.800. The molecule has 0 spiro atoms. The standard InChI is InChI=1S/C10H6O3S/c11-9(12)8-7-5-3-1-2-4-6(7)14-10(8)13-5/h1-4,10H,(H,11,12). The fourth-order valence-electron chi connectivity index (χ4n) is 1.73. The van der Waals surface area contributed by atoms with Crippen molar-refractivity contribution in [2.24, 2.45) is 0 Å². The van der Waals surface area contributed by atoms with Crippen molar-refractivity contribution in [3.63, 3.8) is 0 Å². The Morgan fingerprint density at radius 3 is 2.93 bits per heavy atom. The smallest absolute Gasteiger partial charge is 0.337 e. The van der Waals surface area contributed by atoms with Gasteiger partial charge in [-0.1, -0.05) is 23.9 Å². The minimum atomic E-state index is -0.883. The van der Waals surface area contributed by atoms with E-state index < -0.39 is 5.97 Å². The zero-order valence-electron chi connectivity index (χ0n) is 7.06. The minimum Gasteiger partial charge on any atom is -0.478 e. The molecule has 0 fully saturated rings. The number of fused-ring (bicyclic) bond motifs is 1. The van der Waals surface area contributed by atoms with Crippen molar-refractivity contribution in [3.8, 4) is 0 Å². The maximum Gasteiger partial charge on any atom is 0.337 e. The van der Waals surface area contributed by atoms with Gasteiger partial charge in [-0.2, -0.15) is 0 Å². The molecule has 3 aliphatic rings. The van der Waals surface area contributed by atoms with Crippen LogP contribution in [-0.2, 0) is 9.53 Å². The van der Waals surface area contributed by atoms with Crippen LogP contribution in [0.3, 0.4) is 0 Å². The largest absolute Gasteiger partial charge is 0.478 e. The lowest BCUT2D eigenvalue weighted by Gasteiger charge is -2.15. The van der Waals surface area contributed by atoms with Crippen LogP contribution in [-0.4, -0.2) is 16.5 Å². The van der Waals surface area contributed by atoms with Crippen LogP contribution in [0.4, 0.5) is 0 Å². The normalized spacial score (nSPS) is 27.0. The average molecular weight is 206 g/mol. The molecule has 14 heavy (non-hydrogen) atoms. The summed E-state index contributed by atoms with van der Waals surface area (Å²) in [6.45, 7) is 0. The van der Waals surface area contributed by atoms with Crippen molar-refractivity contribution in [1.29, 1.82) is 0 Å². The van der Waals surface area contributed by atoms with Gasteiger partial charge in [0.1, 0.15) is 5.76 Å². The van der Waals surface area contributed by atoms with E-state index in [4.69, 9.17) is 9.84 Å². The molecule has 2 aliphatic heterocycles. The second kappa shape index (κ2) is 2.54. The van der Waals surface area contributed by atoms with Crippen LogP contribution in [0.1, 0.15) is 0 Å². The molecule has 2 heterocycles. The third kappa shape index (κ3) is 0.861. The molecule has 0 saturated heterocycles. The molecule has 70 valence electrons. The summed E-state index contributed by atoms with van der Waals surface area (Å²) >= 11 is 1.46. The lowest BCUT2D eigenvalue weighted by molar-refractivity contribution is -0.133. The van der Waals surface area contributed by atoms with Crippen LogP contribution in [0.25, 0.3) is 0 Å². The lowest BCUT2D eigenvalue weighted by atomic mass is 10.1. The molecular weight excluding hydrogens is 200 g/mol. The van der Waals surface area contributed by atoms with E-state index in [0.29, 0.717) is 11.3 Å². The first-order valence-electron chi connectivity index (χ1n) is 4.17. The highest BCUT2D eigenvalue weighted by atomic mass is 32.2. The van der Waals surface area contributed by atoms with E-state index in [1.807, 2.05) is 24.3 Å². The zero-order valence-corrected chi connectivity index (χ0v) is 7.88. The third-order valence-electron chi connectivity index (χ3n) is 2.30. The lowest BCUT2D eigenvalue weighted by Crippen LogP contribution is -2.10. The molecule has 3 rings (SSSR count). The fourth-order valence-corrected chi connectivity index (χ4v) is 2.94. The van der Waals surface area contributed by atoms with Gasteiger partial charge in [-0.15, -0.1) is 0 Å². The maximum atomic E-state index is 11.0. The van der Waals surface area contributed by atoms with Gasteiger partial charge in [-0.25, -0.2) is 4.79 Å². The fraction of sp³-hybridized carbons (Fsp3) is 0.100. The van der Waals surface area contributed by atoms with Gasteiger partial charge in [-0.05, 0) is 12.2 Å². The van der Waals surface area contributed by atoms with Gasteiger partial charge in [0.05, 0.1) is 5.57 Å². The number of carboxylic acids is 1. The molecule has 0 amide bonds. The van der Waals surface area contributed by atoms with E-state index in [-0.39, 0.29) is 5.44 Å². The van der Waals surface area contributed by atoms with Gasteiger partial charge in [0, 0.05) is 10.5 Å². The Morgan fingerprint density at radius 1 is 1.43 bits per heavy atom. The summed E-state index contributed by atoms with van der Waals surface area (Å²) in [6.07, 6.45) is 7.48. The number of allylic oxidation sites excluding steroid dienone is 5. The van der Waals surface area contributed by atoms with E-state index in [1.54, 1.807) is 0 Å². The second-order valence-electron chi connectivity index (χ2n) is 3.11. The molecule has 0 aromatic heterocycles. The molecule has 1 unspecified atom stereocenters. The van der Waals surface area contributed by atoms with Gasteiger partial charge in [0.15, 0.2) is 5.44 Å². The van der Waals surface area contributed by atoms with E-state index in [9.17, 15) is 4.79 Å². The van der Waals surface area contributed by atoms with Gasteiger partial charge in [0.25, 0.3) is 0 Å². The predicted molar refractivity (Wildman–Crippen MR) is 52.4 cm³/mol. The van der Waals surface area contributed by atoms with Gasteiger partial charge in [-0.3, -0.25) is 0 Å². The molecule has 1 aliphatic carbocycles. The van der Waals surface area contributed by atoms with E-state index in [2.05, 4.69) is 0 Å². The van der Waals surface area contributed by atoms with Crippen LogP contribution in [0, 0.1) is 0 Å². The number of carbonyl (C=O) groups is 1. The molecule has 1 N–H and O–H groups in total. The Morgan fingerprint density at radius 2 is 2.21 bits per heavy atom. The summed E-state index contributed by atoms with van der Waals surface area (Å²) < 4.78 is 5.46. The summed E-state index contributed by atoms with van der Waals surface area (Å²) in [5, 5.41) is 9.02. The molecular formula is C10H6O3S. The summed E-state index contributed by atoms with van der Waals surface area (Å²) in [6, 6.07) is 0. The molecule has 0 radical (unpaired) electrons. The quantitative estimate of drug-likeness (QED) is 0.710. The van der Waals surface area contributed by atoms with Crippen molar-refractivity contribution >= 4 is 17.7 Å². The van der Waals surface area contributed by atoms with Crippen LogP contribution >= 0.6 is 11.8 Å². The van der Waals surface area contributed by atoms with Crippen molar-refractivity contribution in [1.82, 2.24) is 0 Å². The highest BCUT2D eigenvalue weighted by Gasteiger charge is 2.44. The Labute approximate surface area is 84.4 Å². The van der Waals surface area contributed by atoms with E-state index >= 15 is 0 Å². The summed E-state index contributed by atoms with van der Waals surface area (Å²) in [5.74, 6) is -0.197. The number of rotatable bonds is 1. The highest BCUT2D eigenvalue weighted by molar-refractivity contribution is 8.04. The van der Waals surface area contributed by atoms with Gasteiger partial charge >= 0.3 is 5.97 Å². The molecule has 4 heteroatoms.